The average molecular weight is 584 g/mol. The summed E-state index contributed by atoms with van der Waals surface area (Å²) in [6.45, 7) is 9.94. The summed E-state index contributed by atoms with van der Waals surface area (Å²) < 4.78 is 58.9. The molecule has 228 valence electrons. The van der Waals surface area contributed by atoms with Crippen molar-refractivity contribution in [2.24, 2.45) is 5.41 Å². The van der Waals surface area contributed by atoms with Gasteiger partial charge in [0.2, 0.25) is 0 Å². The van der Waals surface area contributed by atoms with Gasteiger partial charge in [-0.1, -0.05) is 0 Å². The molecular weight excluding hydrogens is 543 g/mol. The van der Waals surface area contributed by atoms with Gasteiger partial charge in [-0.25, -0.2) is 4.79 Å². The van der Waals surface area contributed by atoms with E-state index in [0.717, 1.165) is 18.6 Å². The Labute approximate surface area is 238 Å². The average Bonchev–Trinajstić information content (AvgIpc) is 3.50. The van der Waals surface area contributed by atoms with E-state index in [4.69, 9.17) is 14.2 Å². The first-order valence-corrected chi connectivity index (χ1v) is 14.0. The Balaban J connectivity index is 1.58. The zero-order valence-corrected chi connectivity index (χ0v) is 24.6. The summed E-state index contributed by atoms with van der Waals surface area (Å²) >= 11 is 0. The van der Waals surface area contributed by atoms with Crippen molar-refractivity contribution < 1.29 is 41.8 Å². The monoisotopic (exact) mass is 583 g/mol. The van der Waals surface area contributed by atoms with Crippen LogP contribution >= 0.6 is 0 Å². The molecule has 9 nitrogen and oxygen atoms in total. The molecule has 3 amide bonds. The highest BCUT2D eigenvalue weighted by atomic mass is 19.4. The van der Waals surface area contributed by atoms with E-state index in [1.54, 1.807) is 32.8 Å². The Hall–Kier alpha value is -3.02. The third kappa shape index (κ3) is 6.73. The smallest absolute Gasteiger partial charge is 0.417 e. The predicted molar refractivity (Wildman–Crippen MR) is 145 cm³/mol. The number of nitrogens with one attached hydrogen (secondary N) is 1. The van der Waals surface area contributed by atoms with Gasteiger partial charge < -0.3 is 29.3 Å². The fraction of sp³-hybridized carbons (Fsp3) is 0.690. The number of carbonyl (C=O) groups is 3. The minimum absolute atomic E-state index is 0.103. The van der Waals surface area contributed by atoms with Crippen LogP contribution in [0.15, 0.2) is 12.1 Å². The molecule has 1 saturated carbocycles. The summed E-state index contributed by atoms with van der Waals surface area (Å²) in [5.41, 5.74) is -4.01. The summed E-state index contributed by atoms with van der Waals surface area (Å²) in [5.74, 6) is -1.39. The van der Waals surface area contributed by atoms with Crippen LogP contribution in [0.4, 0.5) is 23.7 Å². The number of benzene rings is 1. The fourth-order valence-electron chi connectivity index (χ4n) is 5.66. The predicted octanol–water partition coefficient (Wildman–Crippen LogP) is 5.16. The molecule has 1 aromatic carbocycles. The molecule has 1 unspecified atom stereocenters. The van der Waals surface area contributed by atoms with Crippen LogP contribution in [-0.4, -0.2) is 73.4 Å². The van der Waals surface area contributed by atoms with Crippen molar-refractivity contribution in [1.82, 2.24) is 10.2 Å². The normalized spacial score (nSPS) is 23.6. The van der Waals surface area contributed by atoms with E-state index in [-0.39, 0.29) is 24.0 Å². The molecule has 1 saturated heterocycles. The molecule has 1 N–H and O–H groups in total. The standard InChI is InChI=1S/C29H40F3N3O6/c1-26(2,3)41-25(38)34-11-9-10-28(17-34)16-22(28)33-23(36)18-14-20-21(15-19(18)29(30,31)32)40-27(4,5)24(37)35(20)12-7-8-13-39-6/h14-15,22H,7-13,16-17H2,1-6H3,(H,33,36)/t22?,28-/m0/s1. The van der Waals surface area contributed by atoms with Crippen LogP contribution in [0.5, 0.6) is 5.75 Å². The van der Waals surface area contributed by atoms with Crippen LogP contribution < -0.4 is 15.0 Å². The van der Waals surface area contributed by atoms with Gasteiger partial charge in [0, 0.05) is 44.8 Å². The van der Waals surface area contributed by atoms with E-state index < -0.39 is 51.8 Å². The molecule has 1 aliphatic carbocycles. The van der Waals surface area contributed by atoms with Crippen molar-refractivity contribution in [2.45, 2.75) is 90.1 Å². The van der Waals surface area contributed by atoms with Crippen LogP contribution in [0.3, 0.4) is 0 Å². The third-order valence-electron chi connectivity index (χ3n) is 7.80. The minimum atomic E-state index is -4.83. The number of fused-ring (bicyclic) bond motifs is 1. The Morgan fingerprint density at radius 2 is 1.88 bits per heavy atom. The molecular formula is C29H40F3N3O6. The molecule has 2 aliphatic heterocycles. The topological polar surface area (TPSA) is 97.4 Å². The lowest BCUT2D eigenvalue weighted by molar-refractivity contribution is -0.138. The Bertz CT molecular complexity index is 1200. The molecule has 2 atom stereocenters. The van der Waals surface area contributed by atoms with Crippen molar-refractivity contribution >= 4 is 23.6 Å². The highest BCUT2D eigenvalue weighted by molar-refractivity contribution is 6.05. The van der Waals surface area contributed by atoms with Crippen LogP contribution in [-0.2, 0) is 20.4 Å². The first kappa shape index (κ1) is 30.9. The number of anilines is 1. The maximum atomic E-state index is 14.2. The highest BCUT2D eigenvalue weighted by Crippen LogP contribution is 2.53. The molecule has 2 heterocycles. The number of rotatable bonds is 7. The van der Waals surface area contributed by atoms with Crippen molar-refractivity contribution in [1.29, 1.82) is 0 Å². The quantitative estimate of drug-likeness (QED) is 0.446. The van der Waals surface area contributed by atoms with Crippen molar-refractivity contribution in [2.75, 3.05) is 38.3 Å². The lowest BCUT2D eigenvalue weighted by atomic mass is 9.94. The number of hydrogen-bond donors (Lipinski definition) is 1. The van der Waals surface area contributed by atoms with Gasteiger partial charge in [0.25, 0.3) is 11.8 Å². The van der Waals surface area contributed by atoms with Crippen molar-refractivity contribution in [3.8, 4) is 5.75 Å². The number of ether oxygens (including phenoxy) is 3. The van der Waals surface area contributed by atoms with Crippen LogP contribution in [0.1, 0.15) is 82.6 Å². The number of piperidine rings is 1. The summed E-state index contributed by atoms with van der Waals surface area (Å²) in [5, 5.41) is 2.78. The van der Waals surface area contributed by atoms with Crippen LogP contribution in [0.2, 0.25) is 0 Å². The number of carbonyl (C=O) groups excluding carboxylic acids is 3. The number of nitrogens with zero attached hydrogens (tertiary/aromatic N) is 2. The zero-order valence-electron chi connectivity index (χ0n) is 24.6. The number of amides is 3. The Morgan fingerprint density at radius 1 is 1.17 bits per heavy atom. The number of unbranched alkanes of at least 4 members (excludes halogenated alkanes) is 1. The summed E-state index contributed by atoms with van der Waals surface area (Å²) in [6, 6.07) is 1.54. The second-order valence-corrected chi connectivity index (χ2v) is 12.7. The maximum Gasteiger partial charge on any atom is 0.417 e. The van der Waals surface area contributed by atoms with Crippen molar-refractivity contribution in [3.63, 3.8) is 0 Å². The number of halogens is 3. The molecule has 2 fully saturated rings. The van der Waals surface area contributed by atoms with Gasteiger partial charge in [0.1, 0.15) is 11.4 Å². The molecule has 12 heteroatoms. The molecule has 0 bridgehead atoms. The Morgan fingerprint density at radius 3 is 2.51 bits per heavy atom. The minimum Gasteiger partial charge on any atom is -0.476 e. The van der Waals surface area contributed by atoms with E-state index in [1.165, 1.54) is 18.7 Å². The second-order valence-electron chi connectivity index (χ2n) is 12.7. The lowest BCUT2D eigenvalue weighted by Crippen LogP contribution is -2.53. The molecule has 1 aromatic rings. The van der Waals surface area contributed by atoms with Crippen molar-refractivity contribution in [3.05, 3.63) is 23.3 Å². The lowest BCUT2D eigenvalue weighted by Gasteiger charge is -2.39. The van der Waals surface area contributed by atoms with E-state index in [1.807, 2.05) is 0 Å². The number of likely N-dealkylation sites (tertiary alicyclic amines) is 1. The van der Waals surface area contributed by atoms with Crippen LogP contribution in [0, 0.1) is 5.41 Å². The van der Waals surface area contributed by atoms with Crippen LogP contribution in [0.25, 0.3) is 0 Å². The number of methoxy groups -OCH3 is 1. The fourth-order valence-corrected chi connectivity index (χ4v) is 5.66. The molecule has 0 aromatic heterocycles. The molecule has 4 rings (SSSR count). The molecule has 1 spiro atoms. The van der Waals surface area contributed by atoms with E-state index in [2.05, 4.69) is 5.32 Å². The first-order chi connectivity index (χ1) is 19.0. The van der Waals surface area contributed by atoms with E-state index in [9.17, 15) is 27.6 Å². The highest BCUT2D eigenvalue weighted by Gasteiger charge is 2.57. The van der Waals surface area contributed by atoms with E-state index >= 15 is 0 Å². The Kier molecular flexibility index (Phi) is 8.30. The maximum absolute atomic E-state index is 14.2. The summed E-state index contributed by atoms with van der Waals surface area (Å²) in [4.78, 5) is 42.2. The van der Waals surface area contributed by atoms with Gasteiger partial charge in [0.15, 0.2) is 5.60 Å². The largest absolute Gasteiger partial charge is 0.476 e. The van der Waals surface area contributed by atoms with Gasteiger partial charge in [-0.2, -0.15) is 13.2 Å². The molecule has 41 heavy (non-hydrogen) atoms. The SMILES string of the molecule is COCCCCN1C(=O)C(C)(C)Oc2cc(C(F)(F)F)c(C(=O)NC3C[C@]34CCCN(C(=O)OC(C)(C)C)C4)cc21. The van der Waals surface area contributed by atoms with Gasteiger partial charge in [-0.05, 0) is 78.9 Å². The van der Waals surface area contributed by atoms with Gasteiger partial charge in [-0.3, -0.25) is 9.59 Å². The van der Waals surface area contributed by atoms with E-state index in [0.29, 0.717) is 45.4 Å². The van der Waals surface area contributed by atoms with Gasteiger partial charge >= 0.3 is 12.3 Å². The molecule has 3 aliphatic rings. The summed E-state index contributed by atoms with van der Waals surface area (Å²) in [6.07, 6.45) is -2.09. The number of hydrogen-bond acceptors (Lipinski definition) is 6. The van der Waals surface area contributed by atoms with Gasteiger partial charge in [0.05, 0.1) is 16.8 Å². The zero-order chi connectivity index (χ0) is 30.4. The third-order valence-corrected chi connectivity index (χ3v) is 7.80. The molecule has 0 radical (unpaired) electrons. The summed E-state index contributed by atoms with van der Waals surface area (Å²) in [7, 11) is 1.56. The first-order valence-electron chi connectivity index (χ1n) is 14.0. The van der Waals surface area contributed by atoms with Gasteiger partial charge in [-0.15, -0.1) is 0 Å². The number of alkyl halides is 3. The second kappa shape index (κ2) is 11.0.